The van der Waals surface area contributed by atoms with Gasteiger partial charge < -0.3 is 10.6 Å². The minimum atomic E-state index is -0.387. The predicted molar refractivity (Wildman–Crippen MR) is 86.2 cm³/mol. The third kappa shape index (κ3) is 3.96. The molecule has 2 N–H and O–H groups in total. The molecule has 1 aromatic rings. The lowest BCUT2D eigenvalue weighted by Gasteiger charge is -2.20. The van der Waals surface area contributed by atoms with Crippen molar-refractivity contribution in [2.24, 2.45) is 5.73 Å². The third-order valence-electron chi connectivity index (χ3n) is 3.59. The SMILES string of the molecule is CSCC[C@H](N)C(=O)N(C)Cc1nc2c(s1)CCCC2. The summed E-state index contributed by atoms with van der Waals surface area (Å²) in [6, 6.07) is -0.387. The highest BCUT2D eigenvalue weighted by molar-refractivity contribution is 7.98. The standard InChI is InChI=1S/C14H23N3OS2/c1-17(14(18)10(15)7-8-19-2)9-13-16-11-5-3-4-6-12(11)20-13/h10H,3-9,15H2,1-2H3/t10-/m0/s1. The number of fused-ring (bicyclic) bond motifs is 1. The van der Waals surface area contributed by atoms with Crippen LogP contribution in [0, 0.1) is 0 Å². The number of hydrogen-bond donors (Lipinski definition) is 1. The molecule has 1 aromatic heterocycles. The zero-order valence-electron chi connectivity index (χ0n) is 12.2. The Kier molecular flexibility index (Phi) is 5.86. The third-order valence-corrected chi connectivity index (χ3v) is 5.37. The van der Waals surface area contributed by atoms with Gasteiger partial charge in [0.25, 0.3) is 0 Å². The first kappa shape index (κ1) is 15.8. The van der Waals surface area contributed by atoms with Crippen LogP contribution in [0.1, 0.15) is 34.8 Å². The highest BCUT2D eigenvalue weighted by Crippen LogP contribution is 2.27. The van der Waals surface area contributed by atoms with Crippen molar-refractivity contribution in [2.75, 3.05) is 19.1 Å². The topological polar surface area (TPSA) is 59.2 Å². The number of thiazole rings is 1. The summed E-state index contributed by atoms with van der Waals surface area (Å²) in [4.78, 5) is 20.0. The molecule has 20 heavy (non-hydrogen) atoms. The molecule has 0 saturated heterocycles. The lowest BCUT2D eigenvalue weighted by atomic mass is 10.0. The quantitative estimate of drug-likeness (QED) is 0.873. The minimum absolute atomic E-state index is 0.0206. The van der Waals surface area contributed by atoms with E-state index in [1.807, 2.05) is 13.3 Å². The number of amides is 1. The van der Waals surface area contributed by atoms with E-state index in [9.17, 15) is 4.79 Å². The highest BCUT2D eigenvalue weighted by atomic mass is 32.2. The molecule has 1 heterocycles. The molecule has 0 unspecified atom stereocenters. The van der Waals surface area contributed by atoms with Gasteiger partial charge in [-0.1, -0.05) is 0 Å². The van der Waals surface area contributed by atoms with Gasteiger partial charge >= 0.3 is 0 Å². The van der Waals surface area contributed by atoms with E-state index in [0.717, 1.165) is 30.0 Å². The van der Waals surface area contributed by atoms with Gasteiger partial charge in [0.05, 0.1) is 18.3 Å². The van der Waals surface area contributed by atoms with E-state index in [1.54, 1.807) is 28.0 Å². The number of thioether (sulfide) groups is 1. The number of nitrogens with zero attached hydrogens (tertiary/aromatic N) is 2. The first-order chi connectivity index (χ1) is 9.61. The maximum Gasteiger partial charge on any atom is 0.239 e. The molecule has 0 spiro atoms. The van der Waals surface area contributed by atoms with Crippen LogP contribution in [0.2, 0.25) is 0 Å². The maximum absolute atomic E-state index is 12.2. The molecular formula is C14H23N3OS2. The van der Waals surface area contributed by atoms with E-state index in [0.29, 0.717) is 6.54 Å². The fourth-order valence-electron chi connectivity index (χ4n) is 2.41. The van der Waals surface area contributed by atoms with Crippen LogP contribution in [-0.4, -0.2) is 40.9 Å². The van der Waals surface area contributed by atoms with Crippen LogP contribution in [0.25, 0.3) is 0 Å². The predicted octanol–water partition coefficient (Wildman–Crippen LogP) is 2.06. The number of hydrogen-bond acceptors (Lipinski definition) is 5. The zero-order chi connectivity index (χ0) is 14.5. The van der Waals surface area contributed by atoms with Gasteiger partial charge in [0.15, 0.2) is 0 Å². The number of nitrogens with two attached hydrogens (primary N) is 1. The summed E-state index contributed by atoms with van der Waals surface area (Å²) in [5.41, 5.74) is 7.19. The number of aryl methyl sites for hydroxylation is 2. The summed E-state index contributed by atoms with van der Waals surface area (Å²) < 4.78 is 0. The molecule has 1 amide bonds. The highest BCUT2D eigenvalue weighted by Gasteiger charge is 2.20. The smallest absolute Gasteiger partial charge is 0.239 e. The Hall–Kier alpha value is -0.590. The second kappa shape index (κ2) is 7.43. The van der Waals surface area contributed by atoms with Crippen molar-refractivity contribution >= 4 is 29.0 Å². The number of carbonyl (C=O) groups is 1. The summed E-state index contributed by atoms with van der Waals surface area (Å²) in [7, 11) is 1.82. The van der Waals surface area contributed by atoms with Crippen LogP contribution >= 0.6 is 23.1 Å². The van der Waals surface area contributed by atoms with Crippen LogP contribution in [0.5, 0.6) is 0 Å². The Labute approximate surface area is 129 Å². The van der Waals surface area contributed by atoms with Crippen molar-refractivity contribution < 1.29 is 4.79 Å². The van der Waals surface area contributed by atoms with Crippen molar-refractivity contribution in [3.8, 4) is 0 Å². The normalized spacial score (nSPS) is 15.8. The van der Waals surface area contributed by atoms with Gasteiger partial charge in [0.1, 0.15) is 5.01 Å². The van der Waals surface area contributed by atoms with Gasteiger partial charge in [0.2, 0.25) is 5.91 Å². The first-order valence-electron chi connectivity index (χ1n) is 7.08. The molecule has 1 aliphatic rings. The van der Waals surface area contributed by atoms with E-state index in [1.165, 1.54) is 23.4 Å². The van der Waals surface area contributed by atoms with E-state index in [-0.39, 0.29) is 11.9 Å². The Morgan fingerprint density at radius 3 is 2.95 bits per heavy atom. The monoisotopic (exact) mass is 313 g/mol. The maximum atomic E-state index is 12.2. The summed E-state index contributed by atoms with van der Waals surface area (Å²) in [5.74, 6) is 0.943. The van der Waals surface area contributed by atoms with E-state index in [2.05, 4.69) is 4.98 Å². The number of aromatic nitrogens is 1. The molecule has 0 aliphatic heterocycles. The van der Waals surface area contributed by atoms with E-state index < -0.39 is 0 Å². The molecule has 0 saturated carbocycles. The van der Waals surface area contributed by atoms with Crippen molar-refractivity contribution in [2.45, 2.75) is 44.7 Å². The second-order valence-corrected chi connectivity index (χ2v) is 7.42. The number of rotatable bonds is 6. The molecule has 2 rings (SSSR count). The first-order valence-corrected chi connectivity index (χ1v) is 9.29. The largest absolute Gasteiger partial charge is 0.338 e. The molecule has 0 fully saturated rings. The number of carbonyl (C=O) groups excluding carboxylic acids is 1. The van der Waals surface area contributed by atoms with Gasteiger partial charge in [-0.3, -0.25) is 4.79 Å². The molecular weight excluding hydrogens is 290 g/mol. The van der Waals surface area contributed by atoms with Crippen molar-refractivity contribution in [3.05, 3.63) is 15.6 Å². The van der Waals surface area contributed by atoms with E-state index in [4.69, 9.17) is 5.73 Å². The molecule has 0 bridgehead atoms. The number of likely N-dealkylation sites (N-methyl/N-ethyl adjacent to an activating group) is 1. The molecule has 1 atom stereocenters. The van der Waals surface area contributed by atoms with E-state index >= 15 is 0 Å². The Morgan fingerprint density at radius 2 is 2.25 bits per heavy atom. The van der Waals surface area contributed by atoms with Gasteiger partial charge in [-0.15, -0.1) is 11.3 Å². The molecule has 1 aliphatic carbocycles. The van der Waals surface area contributed by atoms with Crippen molar-refractivity contribution in [3.63, 3.8) is 0 Å². The second-order valence-electron chi connectivity index (χ2n) is 5.27. The average molecular weight is 313 g/mol. The van der Waals surface area contributed by atoms with Gasteiger partial charge in [-0.25, -0.2) is 4.98 Å². The molecule has 6 heteroatoms. The molecule has 0 aromatic carbocycles. The lowest BCUT2D eigenvalue weighted by Crippen LogP contribution is -2.41. The van der Waals surface area contributed by atoms with Crippen molar-refractivity contribution in [1.29, 1.82) is 0 Å². The summed E-state index contributed by atoms with van der Waals surface area (Å²) >= 11 is 3.48. The average Bonchev–Trinajstić information content (AvgIpc) is 2.85. The van der Waals surface area contributed by atoms with Crippen molar-refractivity contribution in [1.82, 2.24) is 9.88 Å². The Morgan fingerprint density at radius 1 is 1.50 bits per heavy atom. The van der Waals surface area contributed by atoms with Crippen LogP contribution in [0.15, 0.2) is 0 Å². The Balaban J connectivity index is 1.91. The van der Waals surface area contributed by atoms with Gasteiger partial charge in [-0.05, 0) is 44.1 Å². The minimum Gasteiger partial charge on any atom is -0.338 e. The van der Waals surface area contributed by atoms with Gasteiger partial charge in [-0.2, -0.15) is 11.8 Å². The zero-order valence-corrected chi connectivity index (χ0v) is 13.9. The summed E-state index contributed by atoms with van der Waals surface area (Å²) in [6.45, 7) is 0.587. The molecule has 112 valence electrons. The van der Waals surface area contributed by atoms with Gasteiger partial charge in [0, 0.05) is 11.9 Å². The molecule has 4 nitrogen and oxygen atoms in total. The lowest BCUT2D eigenvalue weighted by molar-refractivity contribution is -0.131. The van der Waals surface area contributed by atoms with Crippen LogP contribution < -0.4 is 5.73 Å². The van der Waals surface area contributed by atoms with Crippen LogP contribution in [0.3, 0.4) is 0 Å². The van der Waals surface area contributed by atoms with Crippen LogP contribution in [0.4, 0.5) is 0 Å². The summed E-state index contributed by atoms with van der Waals surface area (Å²) in [6.07, 6.45) is 7.52. The summed E-state index contributed by atoms with van der Waals surface area (Å²) in [5, 5.41) is 1.05. The molecule has 0 radical (unpaired) electrons. The Bertz CT molecular complexity index is 438. The fraction of sp³-hybridized carbons (Fsp3) is 0.714. The van der Waals surface area contributed by atoms with Crippen LogP contribution in [-0.2, 0) is 24.2 Å². The fourth-order valence-corrected chi connectivity index (χ4v) is 4.11.